The molecule has 19 heavy (non-hydrogen) atoms. The van der Waals surface area contributed by atoms with Crippen molar-refractivity contribution >= 4 is 15.9 Å². The van der Waals surface area contributed by atoms with Crippen molar-refractivity contribution in [2.45, 2.75) is 13.8 Å². The zero-order valence-electron chi connectivity index (χ0n) is 11.3. The van der Waals surface area contributed by atoms with E-state index in [2.05, 4.69) is 33.2 Å². The summed E-state index contributed by atoms with van der Waals surface area (Å²) in [5.41, 5.74) is 4.47. The Labute approximate surface area is 120 Å². The Kier molecular flexibility index (Phi) is 3.63. The van der Waals surface area contributed by atoms with Crippen LogP contribution >= 0.6 is 15.9 Å². The molecule has 5 heteroatoms. The summed E-state index contributed by atoms with van der Waals surface area (Å²) in [6.45, 7) is 4.01. The van der Waals surface area contributed by atoms with Crippen LogP contribution < -0.4 is 4.74 Å². The third kappa shape index (κ3) is 2.24. The minimum atomic E-state index is 0.394. The van der Waals surface area contributed by atoms with Gasteiger partial charge in [-0.25, -0.2) is 0 Å². The summed E-state index contributed by atoms with van der Waals surface area (Å²) < 4.78 is 7.76. The largest absolute Gasteiger partial charge is 0.496 e. The molecule has 0 bridgehead atoms. The maximum atomic E-state index is 9.03. The molecule has 0 aliphatic heterocycles. The van der Waals surface area contributed by atoms with Crippen LogP contribution in [-0.4, -0.2) is 16.9 Å². The van der Waals surface area contributed by atoms with Crippen LogP contribution in [0.4, 0.5) is 0 Å². The van der Waals surface area contributed by atoms with E-state index < -0.39 is 0 Å². The Hall–Kier alpha value is -1.80. The Morgan fingerprint density at radius 1 is 1.32 bits per heavy atom. The molecule has 98 valence electrons. The Bertz CT molecular complexity index is 683. The van der Waals surface area contributed by atoms with E-state index in [9.17, 15) is 0 Å². The van der Waals surface area contributed by atoms with Gasteiger partial charge in [-0.2, -0.15) is 10.4 Å². The monoisotopic (exact) mass is 319 g/mol. The number of nitrogens with zero attached hydrogens (tertiary/aromatic N) is 3. The number of benzene rings is 1. The van der Waals surface area contributed by atoms with E-state index >= 15 is 0 Å². The van der Waals surface area contributed by atoms with Gasteiger partial charge in [-0.15, -0.1) is 0 Å². The number of aryl methyl sites for hydroxylation is 3. The van der Waals surface area contributed by atoms with Crippen molar-refractivity contribution in [3.05, 3.63) is 33.4 Å². The smallest absolute Gasteiger partial charge is 0.177 e. The van der Waals surface area contributed by atoms with Crippen molar-refractivity contribution in [2.75, 3.05) is 7.11 Å². The first kappa shape index (κ1) is 13.6. The van der Waals surface area contributed by atoms with Crippen LogP contribution in [0.5, 0.6) is 5.75 Å². The molecule has 1 aromatic carbocycles. The Morgan fingerprint density at radius 2 is 2.00 bits per heavy atom. The van der Waals surface area contributed by atoms with E-state index in [0.717, 1.165) is 32.6 Å². The molecule has 1 heterocycles. The van der Waals surface area contributed by atoms with Crippen LogP contribution in [0.1, 0.15) is 16.8 Å². The molecular weight excluding hydrogens is 306 g/mol. The maximum absolute atomic E-state index is 9.03. The lowest BCUT2D eigenvalue weighted by Crippen LogP contribution is -1.97. The molecule has 0 spiro atoms. The number of nitriles is 1. The predicted octanol–water partition coefficient (Wildman–Crippen LogP) is 3.35. The van der Waals surface area contributed by atoms with Gasteiger partial charge in [0.05, 0.1) is 17.3 Å². The highest BCUT2D eigenvalue weighted by atomic mass is 79.9. The summed E-state index contributed by atoms with van der Waals surface area (Å²) in [5, 5.41) is 13.2. The van der Waals surface area contributed by atoms with Gasteiger partial charge in [0.25, 0.3) is 0 Å². The van der Waals surface area contributed by atoms with E-state index in [4.69, 9.17) is 10.00 Å². The lowest BCUT2D eigenvalue weighted by Gasteiger charge is -2.12. The van der Waals surface area contributed by atoms with Gasteiger partial charge in [0.15, 0.2) is 5.69 Å². The molecule has 0 aliphatic carbocycles. The fourth-order valence-corrected chi connectivity index (χ4v) is 2.76. The molecule has 1 aromatic heterocycles. The third-order valence-electron chi connectivity index (χ3n) is 3.09. The molecule has 0 amide bonds. The SMILES string of the molecule is COc1cc(C)c(-c2c(Br)c(C#N)nn2C)cc1C. The summed E-state index contributed by atoms with van der Waals surface area (Å²) in [4.78, 5) is 0. The second kappa shape index (κ2) is 5.06. The molecule has 0 saturated heterocycles. The van der Waals surface area contributed by atoms with Crippen LogP contribution in [0, 0.1) is 25.2 Å². The van der Waals surface area contributed by atoms with E-state index in [-0.39, 0.29) is 0 Å². The van der Waals surface area contributed by atoms with Crippen molar-refractivity contribution in [3.63, 3.8) is 0 Å². The number of ether oxygens (including phenoxy) is 1. The first-order valence-corrected chi connectivity index (χ1v) is 6.57. The second-order valence-corrected chi connectivity index (χ2v) is 5.18. The molecule has 0 N–H and O–H groups in total. The number of halogens is 1. The summed E-state index contributed by atoms with van der Waals surface area (Å²) >= 11 is 3.46. The van der Waals surface area contributed by atoms with Gasteiger partial charge < -0.3 is 4.74 Å². The maximum Gasteiger partial charge on any atom is 0.177 e. The topological polar surface area (TPSA) is 50.8 Å². The summed E-state index contributed by atoms with van der Waals surface area (Å²) in [6.07, 6.45) is 0. The first-order chi connectivity index (χ1) is 8.99. The molecule has 4 nitrogen and oxygen atoms in total. The molecule has 2 aromatic rings. The average Bonchev–Trinajstić information content (AvgIpc) is 2.67. The lowest BCUT2D eigenvalue weighted by atomic mass is 10.0. The van der Waals surface area contributed by atoms with Crippen molar-refractivity contribution in [2.24, 2.45) is 7.05 Å². The number of hydrogen-bond acceptors (Lipinski definition) is 3. The summed E-state index contributed by atoms with van der Waals surface area (Å²) in [6, 6.07) is 6.13. The highest BCUT2D eigenvalue weighted by molar-refractivity contribution is 9.10. The van der Waals surface area contributed by atoms with E-state index in [1.165, 1.54) is 0 Å². The fourth-order valence-electron chi connectivity index (χ4n) is 2.13. The van der Waals surface area contributed by atoms with E-state index in [1.807, 2.05) is 27.0 Å². The minimum absolute atomic E-state index is 0.394. The van der Waals surface area contributed by atoms with Crippen molar-refractivity contribution in [1.29, 1.82) is 5.26 Å². The van der Waals surface area contributed by atoms with Gasteiger partial charge in [0, 0.05) is 12.6 Å². The molecule has 0 saturated carbocycles. The van der Waals surface area contributed by atoms with Gasteiger partial charge in [-0.1, -0.05) is 0 Å². The van der Waals surface area contributed by atoms with Crippen molar-refractivity contribution < 1.29 is 4.74 Å². The van der Waals surface area contributed by atoms with Crippen LogP contribution in [-0.2, 0) is 7.05 Å². The van der Waals surface area contributed by atoms with Gasteiger partial charge >= 0.3 is 0 Å². The highest BCUT2D eigenvalue weighted by Crippen LogP contribution is 2.35. The van der Waals surface area contributed by atoms with Gasteiger partial charge in [0.1, 0.15) is 11.8 Å². The Balaban J connectivity index is 2.70. The molecule has 0 fully saturated rings. The predicted molar refractivity (Wildman–Crippen MR) is 77.1 cm³/mol. The number of hydrogen-bond donors (Lipinski definition) is 0. The first-order valence-electron chi connectivity index (χ1n) is 5.77. The Morgan fingerprint density at radius 3 is 2.53 bits per heavy atom. The highest BCUT2D eigenvalue weighted by Gasteiger charge is 2.18. The molecule has 0 atom stereocenters. The number of rotatable bonds is 2. The molecule has 2 rings (SSSR count). The number of methoxy groups -OCH3 is 1. The normalized spacial score (nSPS) is 10.3. The summed E-state index contributed by atoms with van der Waals surface area (Å²) in [7, 11) is 3.50. The van der Waals surface area contributed by atoms with Crippen LogP contribution in [0.25, 0.3) is 11.3 Å². The quantitative estimate of drug-likeness (QED) is 0.853. The molecule has 0 unspecified atom stereocenters. The van der Waals surface area contributed by atoms with Crippen LogP contribution in [0.2, 0.25) is 0 Å². The lowest BCUT2D eigenvalue weighted by molar-refractivity contribution is 0.411. The van der Waals surface area contributed by atoms with Gasteiger partial charge in [-0.3, -0.25) is 4.68 Å². The molecule has 0 radical (unpaired) electrons. The molecular formula is C14H14BrN3O. The van der Waals surface area contributed by atoms with Crippen LogP contribution in [0.15, 0.2) is 16.6 Å². The van der Waals surface area contributed by atoms with Crippen molar-refractivity contribution in [3.8, 4) is 23.1 Å². The van der Waals surface area contributed by atoms with E-state index in [1.54, 1.807) is 11.8 Å². The molecule has 0 aliphatic rings. The average molecular weight is 320 g/mol. The zero-order valence-corrected chi connectivity index (χ0v) is 12.9. The van der Waals surface area contributed by atoms with Crippen molar-refractivity contribution in [1.82, 2.24) is 9.78 Å². The minimum Gasteiger partial charge on any atom is -0.496 e. The summed E-state index contributed by atoms with van der Waals surface area (Å²) in [5.74, 6) is 0.861. The van der Waals surface area contributed by atoms with Gasteiger partial charge in [-0.05, 0) is 53.0 Å². The van der Waals surface area contributed by atoms with Crippen LogP contribution in [0.3, 0.4) is 0 Å². The standard InChI is InChI=1S/C14H14BrN3O/c1-8-6-12(19-4)9(2)5-10(8)14-13(15)11(7-16)17-18(14)3/h5-6H,1-4H3. The zero-order chi connectivity index (χ0) is 14.2. The van der Waals surface area contributed by atoms with Gasteiger partial charge in [0.2, 0.25) is 0 Å². The van der Waals surface area contributed by atoms with E-state index in [0.29, 0.717) is 5.69 Å². The number of aromatic nitrogens is 2. The third-order valence-corrected chi connectivity index (χ3v) is 3.84. The second-order valence-electron chi connectivity index (χ2n) is 4.38. The fraction of sp³-hybridized carbons (Fsp3) is 0.286.